The fourth-order valence-corrected chi connectivity index (χ4v) is 5.31. The Morgan fingerprint density at radius 2 is 1.84 bits per heavy atom. The summed E-state index contributed by atoms with van der Waals surface area (Å²) in [5, 5.41) is 14.9. The molecular weight excluding hydrogens is 523 g/mol. The molecule has 2 aromatic heterocycles. The van der Waals surface area contributed by atoms with Crippen molar-refractivity contribution in [2.45, 2.75) is 13.0 Å². The van der Waals surface area contributed by atoms with Gasteiger partial charge in [0.25, 0.3) is 5.91 Å². The van der Waals surface area contributed by atoms with Gasteiger partial charge in [-0.05, 0) is 29.3 Å². The number of nitriles is 1. The minimum Gasteiger partial charge on any atom is -0.342 e. The fourth-order valence-electron chi connectivity index (χ4n) is 4.09. The lowest BCUT2D eigenvalue weighted by Crippen LogP contribution is -2.13. The van der Waals surface area contributed by atoms with Crippen LogP contribution in [0.5, 0.6) is 0 Å². The van der Waals surface area contributed by atoms with E-state index < -0.39 is 5.91 Å². The standard InChI is InChI=1S/C29H20Cl2N4OS/c30-25-11-6-9-20(27(25)31)14-23-16-33-29(37-23)34-28(36)21(15-32)13-22-18-35(17-19-7-2-1-3-8-19)26-12-5-4-10-24(22)26/h1-13,16,18H,14,17H2,(H,33,34,36)/b21-13+. The number of nitrogens with one attached hydrogen (secondary N) is 1. The van der Waals surface area contributed by atoms with Gasteiger partial charge in [0.1, 0.15) is 11.6 Å². The largest absolute Gasteiger partial charge is 0.342 e. The molecule has 0 spiro atoms. The average molecular weight is 543 g/mol. The molecule has 0 radical (unpaired) electrons. The van der Waals surface area contributed by atoms with Crippen LogP contribution in [-0.4, -0.2) is 15.5 Å². The number of halogens is 2. The third-order valence-electron chi connectivity index (χ3n) is 5.85. The molecule has 2 heterocycles. The molecule has 0 saturated heterocycles. The van der Waals surface area contributed by atoms with Crippen molar-refractivity contribution in [3.8, 4) is 6.07 Å². The van der Waals surface area contributed by atoms with Gasteiger partial charge in [-0.3, -0.25) is 10.1 Å². The van der Waals surface area contributed by atoms with Crippen molar-refractivity contribution in [3.05, 3.63) is 122 Å². The molecule has 8 heteroatoms. The summed E-state index contributed by atoms with van der Waals surface area (Å²) in [5.41, 5.74) is 3.86. The van der Waals surface area contributed by atoms with E-state index in [1.807, 2.05) is 66.9 Å². The van der Waals surface area contributed by atoms with Crippen LogP contribution in [0.15, 0.2) is 90.8 Å². The van der Waals surface area contributed by atoms with E-state index in [0.29, 0.717) is 28.1 Å². The van der Waals surface area contributed by atoms with E-state index in [9.17, 15) is 10.1 Å². The second-order valence-corrected chi connectivity index (χ2v) is 10.3. The first-order chi connectivity index (χ1) is 18.0. The van der Waals surface area contributed by atoms with Crippen molar-refractivity contribution >= 4 is 62.6 Å². The number of hydrogen-bond donors (Lipinski definition) is 1. The number of benzene rings is 3. The van der Waals surface area contributed by atoms with Crippen LogP contribution in [0.1, 0.15) is 21.6 Å². The lowest BCUT2D eigenvalue weighted by Gasteiger charge is -2.05. The van der Waals surface area contributed by atoms with Crippen molar-refractivity contribution < 1.29 is 4.79 Å². The van der Waals surface area contributed by atoms with Crippen LogP contribution < -0.4 is 5.32 Å². The average Bonchev–Trinajstić information content (AvgIpc) is 3.50. The number of para-hydroxylation sites is 1. The number of carbonyl (C=O) groups is 1. The predicted octanol–water partition coefficient (Wildman–Crippen LogP) is 7.59. The van der Waals surface area contributed by atoms with Gasteiger partial charge in [-0.2, -0.15) is 5.26 Å². The highest BCUT2D eigenvalue weighted by Gasteiger charge is 2.15. The van der Waals surface area contributed by atoms with Gasteiger partial charge in [-0.15, -0.1) is 11.3 Å². The summed E-state index contributed by atoms with van der Waals surface area (Å²) in [6.07, 6.45) is 5.82. The number of hydrogen-bond acceptors (Lipinski definition) is 4. The monoisotopic (exact) mass is 542 g/mol. The summed E-state index contributed by atoms with van der Waals surface area (Å²) in [7, 11) is 0. The van der Waals surface area contributed by atoms with Crippen LogP contribution in [0.4, 0.5) is 5.13 Å². The number of anilines is 1. The Balaban J connectivity index is 1.36. The first-order valence-electron chi connectivity index (χ1n) is 11.4. The number of amides is 1. The SMILES string of the molecule is N#C/C(=C\c1cn(Cc2ccccc2)c2ccccc12)C(=O)Nc1ncc(Cc2cccc(Cl)c2Cl)s1. The molecule has 3 aromatic carbocycles. The topological polar surface area (TPSA) is 70.7 Å². The zero-order chi connectivity index (χ0) is 25.8. The highest BCUT2D eigenvalue weighted by molar-refractivity contribution is 7.15. The molecule has 182 valence electrons. The minimum atomic E-state index is -0.510. The summed E-state index contributed by atoms with van der Waals surface area (Å²) >= 11 is 13.7. The Labute approximate surface area is 228 Å². The lowest BCUT2D eigenvalue weighted by atomic mass is 10.1. The molecule has 5 nitrogen and oxygen atoms in total. The first kappa shape index (κ1) is 24.8. The number of rotatable bonds is 7. The van der Waals surface area contributed by atoms with Gasteiger partial charge in [-0.25, -0.2) is 4.98 Å². The van der Waals surface area contributed by atoms with Crippen LogP contribution in [0.2, 0.25) is 10.0 Å². The summed E-state index contributed by atoms with van der Waals surface area (Å²) in [6.45, 7) is 0.682. The van der Waals surface area contributed by atoms with E-state index in [1.165, 1.54) is 11.3 Å². The quantitative estimate of drug-likeness (QED) is 0.170. The zero-order valence-electron chi connectivity index (χ0n) is 19.5. The van der Waals surface area contributed by atoms with Crippen molar-refractivity contribution in [2.75, 3.05) is 5.32 Å². The molecule has 0 saturated carbocycles. The third-order valence-corrected chi connectivity index (χ3v) is 7.62. The van der Waals surface area contributed by atoms with Gasteiger partial charge in [-0.1, -0.05) is 83.9 Å². The maximum absolute atomic E-state index is 13.0. The zero-order valence-corrected chi connectivity index (χ0v) is 21.8. The minimum absolute atomic E-state index is 0.00255. The van der Waals surface area contributed by atoms with E-state index in [4.69, 9.17) is 23.2 Å². The van der Waals surface area contributed by atoms with E-state index in [1.54, 1.807) is 18.3 Å². The van der Waals surface area contributed by atoms with Gasteiger partial charge < -0.3 is 4.57 Å². The Kier molecular flexibility index (Phi) is 7.38. The number of carbonyl (C=O) groups excluding carboxylic acids is 1. The van der Waals surface area contributed by atoms with Crippen LogP contribution >= 0.6 is 34.5 Å². The molecule has 0 aliphatic rings. The van der Waals surface area contributed by atoms with Crippen LogP contribution in [0.25, 0.3) is 17.0 Å². The van der Waals surface area contributed by atoms with E-state index in [-0.39, 0.29) is 5.57 Å². The van der Waals surface area contributed by atoms with Gasteiger partial charge in [0.2, 0.25) is 0 Å². The molecule has 0 fully saturated rings. The molecule has 0 bridgehead atoms. The van der Waals surface area contributed by atoms with E-state index in [0.717, 1.165) is 32.5 Å². The molecule has 37 heavy (non-hydrogen) atoms. The van der Waals surface area contributed by atoms with Crippen molar-refractivity contribution in [1.82, 2.24) is 9.55 Å². The molecule has 5 rings (SSSR count). The molecule has 0 aliphatic carbocycles. The number of fused-ring (bicyclic) bond motifs is 1. The number of thiazole rings is 1. The molecular formula is C29H20Cl2N4OS. The predicted molar refractivity (Wildman–Crippen MR) is 151 cm³/mol. The van der Waals surface area contributed by atoms with Crippen molar-refractivity contribution in [2.24, 2.45) is 0 Å². The van der Waals surface area contributed by atoms with Gasteiger partial charge in [0, 0.05) is 46.7 Å². The molecule has 0 unspecified atom stereocenters. The highest BCUT2D eigenvalue weighted by atomic mass is 35.5. The Hall–Kier alpha value is -3.89. The van der Waals surface area contributed by atoms with Crippen LogP contribution in [0, 0.1) is 11.3 Å². The second kappa shape index (κ2) is 11.0. The van der Waals surface area contributed by atoms with Crippen molar-refractivity contribution in [3.63, 3.8) is 0 Å². The Morgan fingerprint density at radius 1 is 1.05 bits per heavy atom. The summed E-state index contributed by atoms with van der Waals surface area (Å²) in [4.78, 5) is 18.2. The maximum Gasteiger partial charge on any atom is 0.268 e. The lowest BCUT2D eigenvalue weighted by molar-refractivity contribution is -0.112. The van der Waals surface area contributed by atoms with Crippen LogP contribution in [-0.2, 0) is 17.8 Å². The second-order valence-electron chi connectivity index (χ2n) is 8.36. The summed E-state index contributed by atoms with van der Waals surface area (Å²) in [5.74, 6) is -0.510. The van der Waals surface area contributed by atoms with Gasteiger partial charge >= 0.3 is 0 Å². The molecule has 1 N–H and O–H groups in total. The van der Waals surface area contributed by atoms with Gasteiger partial charge in [0.15, 0.2) is 5.13 Å². The molecule has 1 amide bonds. The highest BCUT2D eigenvalue weighted by Crippen LogP contribution is 2.30. The normalized spacial score (nSPS) is 11.4. The Morgan fingerprint density at radius 3 is 2.65 bits per heavy atom. The van der Waals surface area contributed by atoms with E-state index >= 15 is 0 Å². The first-order valence-corrected chi connectivity index (χ1v) is 13.0. The van der Waals surface area contributed by atoms with E-state index in [2.05, 4.69) is 27.0 Å². The number of aromatic nitrogens is 2. The third kappa shape index (κ3) is 5.60. The fraction of sp³-hybridized carbons (Fsp3) is 0.0690. The smallest absolute Gasteiger partial charge is 0.268 e. The summed E-state index contributed by atoms with van der Waals surface area (Å²) < 4.78 is 2.12. The molecule has 0 atom stereocenters. The Bertz CT molecular complexity index is 1660. The van der Waals surface area contributed by atoms with Gasteiger partial charge in [0.05, 0.1) is 10.0 Å². The number of nitrogens with zero attached hydrogens (tertiary/aromatic N) is 3. The molecule has 0 aliphatic heterocycles. The molecule has 5 aromatic rings. The van der Waals surface area contributed by atoms with Crippen molar-refractivity contribution in [1.29, 1.82) is 5.26 Å². The van der Waals surface area contributed by atoms with Crippen LogP contribution in [0.3, 0.4) is 0 Å². The summed E-state index contributed by atoms with van der Waals surface area (Å²) in [6, 6.07) is 25.6. The maximum atomic E-state index is 13.0.